The van der Waals surface area contributed by atoms with Crippen LogP contribution in [0.2, 0.25) is 5.02 Å². The number of aliphatic hydroxyl groups is 1. The lowest BCUT2D eigenvalue weighted by molar-refractivity contribution is -0.174. The number of fused-ring (bicyclic) bond motifs is 2. The number of benzene rings is 2. The van der Waals surface area contributed by atoms with Crippen LogP contribution in [0.3, 0.4) is 0 Å². The van der Waals surface area contributed by atoms with Crippen molar-refractivity contribution in [2.24, 2.45) is 5.92 Å². The van der Waals surface area contributed by atoms with Crippen molar-refractivity contribution in [2.75, 3.05) is 32.7 Å². The zero-order chi connectivity index (χ0) is 32.3. The minimum Gasteiger partial charge on any atom is -0.508 e. The van der Waals surface area contributed by atoms with E-state index in [0.717, 1.165) is 11.1 Å². The molecule has 2 heterocycles. The number of piperidine rings is 1. The van der Waals surface area contributed by atoms with Crippen molar-refractivity contribution >= 4 is 29.4 Å². The second-order valence-corrected chi connectivity index (χ2v) is 12.0. The first kappa shape index (κ1) is 33.5. The van der Waals surface area contributed by atoms with E-state index >= 15 is 0 Å². The highest BCUT2D eigenvalue weighted by Gasteiger charge is 2.45. The number of nitrogens with zero attached hydrogens (tertiary/aromatic N) is 2. The number of likely N-dealkylation sites (tertiary alicyclic amines) is 1. The summed E-state index contributed by atoms with van der Waals surface area (Å²) in [7, 11) is 0. The molecule has 0 radical (unpaired) electrons. The van der Waals surface area contributed by atoms with Crippen molar-refractivity contribution in [2.45, 2.75) is 56.1 Å². The summed E-state index contributed by atoms with van der Waals surface area (Å²) >= 11 is 6.33. The monoisotopic (exact) mass is 642 g/mol. The van der Waals surface area contributed by atoms with Gasteiger partial charge in [-0.3, -0.25) is 9.59 Å². The minimum absolute atomic E-state index is 0.0637. The van der Waals surface area contributed by atoms with Gasteiger partial charge in [0.1, 0.15) is 12.3 Å². The normalized spacial score (nSPS) is 18.4. The Balaban J connectivity index is 1.56. The van der Waals surface area contributed by atoms with Crippen molar-refractivity contribution in [3.63, 3.8) is 0 Å². The van der Waals surface area contributed by atoms with E-state index in [2.05, 4.69) is 0 Å². The summed E-state index contributed by atoms with van der Waals surface area (Å²) in [6, 6.07) is 12.1. The van der Waals surface area contributed by atoms with Crippen LogP contribution in [0.1, 0.15) is 42.4 Å². The van der Waals surface area contributed by atoms with Gasteiger partial charge in [-0.15, -0.1) is 0 Å². The van der Waals surface area contributed by atoms with Crippen LogP contribution in [-0.2, 0) is 37.7 Å². The molecule has 0 bridgehead atoms. The van der Waals surface area contributed by atoms with E-state index in [9.17, 15) is 42.9 Å². The van der Waals surface area contributed by atoms with Gasteiger partial charge in [-0.05, 0) is 60.1 Å². The molecule has 0 saturated carbocycles. The minimum atomic E-state index is -4.87. The number of aliphatic carboxylic acids is 2. The SMILES string of the molecule is O=C(O)CC(O)(CC(=O)N(CC(Cc1cc(O)ccc1Cl)CN1CCC2(CC1)OCc1ccccc12)CC(F)(F)F)C(=O)O. The van der Waals surface area contributed by atoms with Gasteiger partial charge in [0, 0.05) is 31.2 Å². The van der Waals surface area contributed by atoms with E-state index in [1.807, 2.05) is 29.2 Å². The molecular weight excluding hydrogens is 609 g/mol. The molecule has 2 atom stereocenters. The van der Waals surface area contributed by atoms with Crippen LogP contribution in [0.15, 0.2) is 42.5 Å². The average Bonchev–Trinajstić information content (AvgIpc) is 3.28. The largest absolute Gasteiger partial charge is 0.508 e. The molecule has 2 aromatic rings. The predicted molar refractivity (Wildman–Crippen MR) is 151 cm³/mol. The molecule has 44 heavy (non-hydrogen) atoms. The van der Waals surface area contributed by atoms with Gasteiger partial charge in [0.15, 0.2) is 5.60 Å². The molecular formula is C30H34ClF3N2O8. The molecule has 1 fully saturated rings. The first-order valence-corrected chi connectivity index (χ1v) is 14.4. The molecule has 0 aliphatic carbocycles. The Morgan fingerprint density at radius 3 is 2.39 bits per heavy atom. The highest BCUT2D eigenvalue weighted by molar-refractivity contribution is 6.31. The number of alkyl halides is 3. The summed E-state index contributed by atoms with van der Waals surface area (Å²) in [5.74, 6) is -5.93. The Bertz CT molecular complexity index is 1380. The third kappa shape index (κ3) is 8.20. The maximum absolute atomic E-state index is 13.7. The van der Waals surface area contributed by atoms with E-state index in [-0.39, 0.29) is 23.7 Å². The second kappa shape index (κ2) is 13.3. The number of phenolic OH excluding ortho intramolecular Hbond substituents is 1. The summed E-state index contributed by atoms with van der Waals surface area (Å²) in [5, 5.41) is 39.1. The number of phenols is 1. The van der Waals surface area contributed by atoms with Gasteiger partial charge < -0.3 is 35.0 Å². The summed E-state index contributed by atoms with van der Waals surface area (Å²) in [5.41, 5.74) is -0.888. The number of rotatable bonds is 12. The first-order valence-electron chi connectivity index (χ1n) is 14.0. The molecule has 4 N–H and O–H groups in total. The van der Waals surface area contributed by atoms with Gasteiger partial charge in [-0.2, -0.15) is 13.2 Å². The maximum atomic E-state index is 13.7. The first-order chi connectivity index (χ1) is 20.6. The molecule has 0 aromatic heterocycles. The van der Waals surface area contributed by atoms with Gasteiger partial charge in [0.2, 0.25) is 5.91 Å². The summed E-state index contributed by atoms with van der Waals surface area (Å²) in [6.07, 6.45) is -6.29. The van der Waals surface area contributed by atoms with Crippen LogP contribution >= 0.6 is 11.6 Å². The molecule has 4 rings (SSSR count). The van der Waals surface area contributed by atoms with Crippen LogP contribution < -0.4 is 0 Å². The zero-order valence-electron chi connectivity index (χ0n) is 23.7. The lowest BCUT2D eigenvalue weighted by Crippen LogP contribution is -2.50. The zero-order valence-corrected chi connectivity index (χ0v) is 24.5. The van der Waals surface area contributed by atoms with E-state index in [1.54, 1.807) is 0 Å². The van der Waals surface area contributed by atoms with Gasteiger partial charge >= 0.3 is 18.1 Å². The Morgan fingerprint density at radius 1 is 1.07 bits per heavy atom. The Kier molecular flexibility index (Phi) is 10.1. The summed E-state index contributed by atoms with van der Waals surface area (Å²) in [4.78, 5) is 38.3. The fourth-order valence-corrected chi connectivity index (χ4v) is 6.28. The Hall–Kier alpha value is -3.39. The van der Waals surface area contributed by atoms with Crippen molar-refractivity contribution < 1.29 is 52.7 Å². The number of ether oxygens (including phenoxy) is 1. The van der Waals surface area contributed by atoms with Crippen molar-refractivity contribution in [1.29, 1.82) is 0 Å². The number of hydrogen-bond donors (Lipinski definition) is 4. The molecule has 2 unspecified atom stereocenters. The molecule has 2 aromatic carbocycles. The number of aromatic hydroxyl groups is 1. The van der Waals surface area contributed by atoms with Crippen molar-refractivity contribution in [3.8, 4) is 5.75 Å². The third-order valence-electron chi connectivity index (χ3n) is 8.22. The third-order valence-corrected chi connectivity index (χ3v) is 8.59. The van der Waals surface area contributed by atoms with Crippen LogP contribution in [0.5, 0.6) is 5.75 Å². The molecule has 240 valence electrons. The summed E-state index contributed by atoms with van der Waals surface area (Å²) < 4.78 is 47.2. The van der Waals surface area contributed by atoms with Gasteiger partial charge in [-0.25, -0.2) is 4.79 Å². The van der Waals surface area contributed by atoms with Crippen LogP contribution in [-0.4, -0.2) is 92.6 Å². The van der Waals surface area contributed by atoms with Crippen LogP contribution in [0, 0.1) is 5.92 Å². The fraction of sp³-hybridized carbons (Fsp3) is 0.500. The van der Waals surface area contributed by atoms with E-state index in [1.165, 1.54) is 18.2 Å². The molecule has 2 aliphatic heterocycles. The summed E-state index contributed by atoms with van der Waals surface area (Å²) in [6.45, 7) is -0.440. The van der Waals surface area contributed by atoms with Gasteiger partial charge in [0.05, 0.1) is 25.0 Å². The number of halogens is 4. The van der Waals surface area contributed by atoms with E-state index in [4.69, 9.17) is 21.4 Å². The van der Waals surface area contributed by atoms with Crippen molar-refractivity contribution in [1.82, 2.24) is 9.80 Å². The Morgan fingerprint density at radius 2 is 1.75 bits per heavy atom. The highest BCUT2D eigenvalue weighted by atomic mass is 35.5. The molecule has 1 saturated heterocycles. The number of carbonyl (C=O) groups is 3. The quantitative estimate of drug-likeness (QED) is 0.271. The van der Waals surface area contributed by atoms with Gasteiger partial charge in [0.25, 0.3) is 0 Å². The molecule has 1 spiro atoms. The fourth-order valence-electron chi connectivity index (χ4n) is 6.08. The topological polar surface area (TPSA) is 148 Å². The Labute approximate surface area is 256 Å². The predicted octanol–water partition coefficient (Wildman–Crippen LogP) is 3.80. The molecule has 14 heteroatoms. The van der Waals surface area contributed by atoms with E-state index in [0.29, 0.717) is 43.0 Å². The lowest BCUT2D eigenvalue weighted by atomic mass is 9.83. The number of hydrogen-bond acceptors (Lipinski definition) is 7. The molecule has 1 amide bonds. The standard InChI is InChI=1S/C30H34ClF3N2O8/c31-24-6-5-22(37)12-21(24)11-19(15-35-9-7-29(8-10-35)23-4-2-1-3-20(23)17-44-29)16-36(18-30(32,33)34)25(38)13-28(43,27(41)42)14-26(39)40/h1-6,12,19,37,43H,7-11,13-18H2,(H,39,40)(H,41,42). The second-order valence-electron chi connectivity index (χ2n) is 11.6. The maximum Gasteiger partial charge on any atom is 0.406 e. The smallest absolute Gasteiger partial charge is 0.406 e. The number of carbonyl (C=O) groups excluding carboxylic acids is 1. The lowest BCUT2D eigenvalue weighted by Gasteiger charge is -2.41. The molecule has 10 nitrogen and oxygen atoms in total. The van der Waals surface area contributed by atoms with E-state index < -0.39 is 67.1 Å². The highest BCUT2D eigenvalue weighted by Crippen LogP contribution is 2.44. The molecule has 2 aliphatic rings. The van der Waals surface area contributed by atoms with Crippen LogP contribution in [0.4, 0.5) is 13.2 Å². The number of carboxylic acids is 2. The van der Waals surface area contributed by atoms with Gasteiger partial charge in [-0.1, -0.05) is 35.9 Å². The van der Waals surface area contributed by atoms with Crippen LogP contribution in [0.25, 0.3) is 0 Å². The number of amides is 1. The average molecular weight is 643 g/mol. The number of carboxylic acid groups (broad SMARTS) is 2. The van der Waals surface area contributed by atoms with Crippen molar-refractivity contribution in [3.05, 3.63) is 64.2 Å².